The Kier molecular flexibility index (Phi) is 4.08. The highest BCUT2D eigenvalue weighted by Crippen LogP contribution is 2.46. The molecule has 1 atom stereocenters. The number of rotatable bonds is 4. The molecular formula is C14H16N3O2P. The molecule has 6 heteroatoms. The van der Waals surface area contributed by atoms with Crippen LogP contribution in [0.25, 0.3) is 5.69 Å². The van der Waals surface area contributed by atoms with E-state index in [2.05, 4.69) is 5.10 Å². The lowest BCUT2D eigenvalue weighted by molar-refractivity contribution is 0.405. The maximum absolute atomic E-state index is 12.8. The van der Waals surface area contributed by atoms with Crippen molar-refractivity contribution in [2.24, 2.45) is 0 Å². The van der Waals surface area contributed by atoms with E-state index in [1.165, 1.54) is 7.11 Å². The molecule has 1 aromatic carbocycles. The Morgan fingerprint density at radius 1 is 1.35 bits per heavy atom. The van der Waals surface area contributed by atoms with Crippen LogP contribution in [0.1, 0.15) is 11.4 Å². The molecule has 0 aliphatic rings. The average molecular weight is 289 g/mol. The van der Waals surface area contributed by atoms with Gasteiger partial charge in [-0.3, -0.25) is 4.57 Å². The normalized spacial score (nSPS) is 13.7. The van der Waals surface area contributed by atoms with Crippen LogP contribution in [0.2, 0.25) is 0 Å². The van der Waals surface area contributed by atoms with Crippen LogP contribution in [0, 0.1) is 25.2 Å². The first-order valence-corrected chi connectivity index (χ1v) is 7.98. The average Bonchev–Trinajstić information content (AvgIpc) is 2.75. The molecule has 0 fully saturated rings. The zero-order valence-corrected chi connectivity index (χ0v) is 12.6. The van der Waals surface area contributed by atoms with Gasteiger partial charge in [0, 0.05) is 7.11 Å². The van der Waals surface area contributed by atoms with E-state index < -0.39 is 7.37 Å². The molecule has 1 unspecified atom stereocenters. The van der Waals surface area contributed by atoms with E-state index in [1.807, 2.05) is 43.3 Å². The van der Waals surface area contributed by atoms with E-state index in [0.717, 1.165) is 11.4 Å². The molecule has 0 amide bonds. The fourth-order valence-corrected chi connectivity index (χ4v) is 4.06. The zero-order chi connectivity index (χ0) is 14.8. The molecule has 2 rings (SSSR count). The van der Waals surface area contributed by atoms with Crippen molar-refractivity contribution in [3.63, 3.8) is 0 Å². The molecule has 0 spiro atoms. The Morgan fingerprint density at radius 3 is 2.55 bits per heavy atom. The third kappa shape index (κ3) is 2.40. The Balaban J connectivity index is 2.61. The second kappa shape index (κ2) is 5.62. The zero-order valence-electron chi connectivity index (χ0n) is 11.7. The minimum absolute atomic E-state index is 0.147. The maximum Gasteiger partial charge on any atom is 0.249 e. The van der Waals surface area contributed by atoms with E-state index in [1.54, 1.807) is 11.6 Å². The number of aryl methyl sites for hydroxylation is 1. The van der Waals surface area contributed by atoms with E-state index >= 15 is 0 Å². The van der Waals surface area contributed by atoms with Crippen LogP contribution in [-0.4, -0.2) is 23.1 Å². The summed E-state index contributed by atoms with van der Waals surface area (Å²) in [5.41, 5.74) is 2.26. The third-order valence-corrected chi connectivity index (χ3v) is 5.64. The lowest BCUT2D eigenvalue weighted by atomic mass is 10.3. The summed E-state index contributed by atoms with van der Waals surface area (Å²) in [6.45, 7) is 3.62. The Hall–Kier alpha value is -1.89. The van der Waals surface area contributed by atoms with E-state index in [9.17, 15) is 4.57 Å². The van der Waals surface area contributed by atoms with Gasteiger partial charge in [-0.15, -0.1) is 0 Å². The van der Waals surface area contributed by atoms with Crippen LogP contribution in [0.3, 0.4) is 0 Å². The van der Waals surface area contributed by atoms with Crippen LogP contribution in [0.15, 0.2) is 30.3 Å². The third-order valence-electron chi connectivity index (χ3n) is 3.17. The van der Waals surface area contributed by atoms with Crippen molar-refractivity contribution in [2.45, 2.75) is 13.8 Å². The van der Waals surface area contributed by atoms with Gasteiger partial charge in [-0.25, -0.2) is 4.68 Å². The number of hydrogen-bond acceptors (Lipinski definition) is 4. The Labute approximate surface area is 118 Å². The number of aromatic nitrogens is 2. The summed E-state index contributed by atoms with van der Waals surface area (Å²) >= 11 is 0. The monoisotopic (exact) mass is 289 g/mol. The van der Waals surface area contributed by atoms with Crippen molar-refractivity contribution in [2.75, 3.05) is 13.3 Å². The van der Waals surface area contributed by atoms with E-state index in [4.69, 9.17) is 9.79 Å². The fraction of sp³-hybridized carbons (Fsp3) is 0.286. The van der Waals surface area contributed by atoms with Crippen molar-refractivity contribution < 1.29 is 9.09 Å². The largest absolute Gasteiger partial charge is 0.328 e. The number of nitrogens with zero attached hydrogens (tertiary/aromatic N) is 3. The SMILES string of the molecule is COP(=O)(CC#N)c1c(C)nn(-c2ccccc2)c1C. The first-order valence-electron chi connectivity index (χ1n) is 6.17. The summed E-state index contributed by atoms with van der Waals surface area (Å²) < 4.78 is 19.7. The molecule has 0 radical (unpaired) electrons. The molecule has 2 aromatic rings. The first kappa shape index (κ1) is 14.5. The topological polar surface area (TPSA) is 67.9 Å². The summed E-state index contributed by atoms with van der Waals surface area (Å²) in [7, 11) is -1.80. The highest BCUT2D eigenvalue weighted by molar-refractivity contribution is 7.67. The van der Waals surface area contributed by atoms with Crippen molar-refractivity contribution in [1.29, 1.82) is 5.26 Å². The summed E-state index contributed by atoms with van der Waals surface area (Å²) in [6.07, 6.45) is -0.147. The molecule has 20 heavy (non-hydrogen) atoms. The molecule has 1 aromatic heterocycles. The highest BCUT2D eigenvalue weighted by Gasteiger charge is 2.31. The summed E-state index contributed by atoms with van der Waals surface area (Å²) in [5.74, 6) is 0. The molecule has 104 valence electrons. The number of benzene rings is 1. The van der Waals surface area contributed by atoms with Gasteiger partial charge in [0.25, 0.3) is 0 Å². The van der Waals surface area contributed by atoms with Gasteiger partial charge in [0.1, 0.15) is 6.16 Å². The van der Waals surface area contributed by atoms with Gasteiger partial charge in [0.2, 0.25) is 7.37 Å². The minimum atomic E-state index is -3.17. The molecule has 0 N–H and O–H groups in total. The quantitative estimate of drug-likeness (QED) is 0.811. The minimum Gasteiger partial charge on any atom is -0.328 e. The van der Waals surface area contributed by atoms with Crippen LogP contribution >= 0.6 is 7.37 Å². The fourth-order valence-electron chi connectivity index (χ4n) is 2.28. The molecule has 0 aliphatic heterocycles. The molecule has 0 saturated heterocycles. The van der Waals surface area contributed by atoms with E-state index in [0.29, 0.717) is 11.0 Å². The first-order chi connectivity index (χ1) is 9.53. The van der Waals surface area contributed by atoms with Crippen molar-refractivity contribution in [1.82, 2.24) is 9.78 Å². The summed E-state index contributed by atoms with van der Waals surface area (Å²) in [4.78, 5) is 0. The van der Waals surface area contributed by atoms with Crippen molar-refractivity contribution in [3.8, 4) is 11.8 Å². The van der Waals surface area contributed by atoms with Gasteiger partial charge < -0.3 is 4.52 Å². The molecule has 5 nitrogen and oxygen atoms in total. The molecule has 0 bridgehead atoms. The van der Waals surface area contributed by atoms with Crippen molar-refractivity contribution in [3.05, 3.63) is 41.7 Å². The predicted octanol–water partition coefficient (Wildman–Crippen LogP) is 2.56. The van der Waals surface area contributed by atoms with Crippen molar-refractivity contribution >= 4 is 12.7 Å². The second-order valence-corrected chi connectivity index (χ2v) is 6.91. The van der Waals surface area contributed by atoms with Gasteiger partial charge in [-0.2, -0.15) is 10.4 Å². The van der Waals surface area contributed by atoms with Gasteiger partial charge in [-0.05, 0) is 26.0 Å². The molecule has 1 heterocycles. The Bertz CT molecular complexity index is 701. The van der Waals surface area contributed by atoms with Crippen LogP contribution in [0.4, 0.5) is 0 Å². The lowest BCUT2D eigenvalue weighted by Gasteiger charge is -2.13. The lowest BCUT2D eigenvalue weighted by Crippen LogP contribution is -2.14. The van der Waals surface area contributed by atoms with Gasteiger partial charge in [0.15, 0.2) is 0 Å². The Morgan fingerprint density at radius 2 is 2.00 bits per heavy atom. The molecule has 0 saturated carbocycles. The smallest absolute Gasteiger partial charge is 0.249 e. The molecular weight excluding hydrogens is 273 g/mol. The summed E-state index contributed by atoms with van der Waals surface area (Å²) in [5, 5.41) is 13.8. The van der Waals surface area contributed by atoms with Gasteiger partial charge >= 0.3 is 0 Å². The number of para-hydroxylation sites is 1. The van der Waals surface area contributed by atoms with Crippen LogP contribution < -0.4 is 5.30 Å². The van der Waals surface area contributed by atoms with E-state index in [-0.39, 0.29) is 6.16 Å². The predicted molar refractivity (Wildman–Crippen MR) is 77.8 cm³/mol. The van der Waals surface area contributed by atoms with Gasteiger partial charge in [0.05, 0.1) is 28.4 Å². The number of hydrogen-bond donors (Lipinski definition) is 0. The summed E-state index contributed by atoms with van der Waals surface area (Å²) in [6, 6.07) is 11.5. The highest BCUT2D eigenvalue weighted by atomic mass is 31.2. The molecule has 0 aliphatic carbocycles. The van der Waals surface area contributed by atoms with Crippen LogP contribution in [0.5, 0.6) is 0 Å². The second-order valence-electron chi connectivity index (χ2n) is 4.44. The maximum atomic E-state index is 12.8. The standard InChI is InChI=1S/C14H16N3O2P/c1-11-14(20(18,19-3)10-9-15)12(2)17(16-11)13-7-5-4-6-8-13/h4-8H,10H2,1-3H3. The van der Waals surface area contributed by atoms with Gasteiger partial charge in [-0.1, -0.05) is 18.2 Å². The van der Waals surface area contributed by atoms with Crippen LogP contribution in [-0.2, 0) is 9.09 Å². The number of nitriles is 1.